The van der Waals surface area contributed by atoms with E-state index in [-0.39, 0.29) is 0 Å². The van der Waals surface area contributed by atoms with Crippen LogP contribution in [0.4, 0.5) is 19.2 Å². The van der Waals surface area contributed by atoms with Gasteiger partial charge in [-0.25, -0.2) is 39.1 Å². The molecule has 0 N–H and O–H groups in total. The second-order valence-electron chi connectivity index (χ2n) is 20.1. The summed E-state index contributed by atoms with van der Waals surface area (Å²) in [7, 11) is 0. The highest BCUT2D eigenvalue weighted by molar-refractivity contribution is 7.11. The molecule has 16 nitrogen and oxygen atoms in total. The number of amides is 4. The van der Waals surface area contributed by atoms with Gasteiger partial charge < -0.3 is 38.5 Å². The van der Waals surface area contributed by atoms with Gasteiger partial charge in [-0.2, -0.15) is 0 Å². The number of ether oxygens (including phenoxy) is 4. The molecule has 0 atom stereocenters. The molecule has 0 saturated carbocycles. The third kappa shape index (κ3) is 17.7. The number of nitrogens with zero attached hydrogens (tertiary/aromatic N) is 8. The van der Waals surface area contributed by atoms with Gasteiger partial charge in [0, 0.05) is 99.6 Å². The Bertz CT molecular complexity index is 1920. The standard InChI is InChI=1S/C46H68N8O8S4/c1-43(2,3)59-39(55)51-19-13-20-52(40(56)60-44(4,5)6)24-16-36-49-33(29-65-36)34-30-66-38(50-34)18-26-54(42(58)62-46(10,11)12)22-14-21-53(41(57)61-45(7,8)9)25-17-37-48-32(28-64-37)31-27-63-35(47-31)15-23-51/h27-30H,13-26H2,1-12H3. The molecule has 66 heavy (non-hydrogen) atoms. The molecule has 0 unspecified atom stereocenters. The molecular formula is C46H68N8O8S4. The van der Waals surface area contributed by atoms with Gasteiger partial charge in [0.25, 0.3) is 0 Å². The van der Waals surface area contributed by atoms with Gasteiger partial charge >= 0.3 is 24.4 Å². The lowest BCUT2D eigenvalue weighted by Crippen LogP contribution is -2.42. The van der Waals surface area contributed by atoms with Crippen LogP contribution in [0.3, 0.4) is 0 Å². The van der Waals surface area contributed by atoms with Crippen molar-refractivity contribution in [3.05, 3.63) is 41.6 Å². The fourth-order valence-electron chi connectivity index (χ4n) is 6.48. The molecule has 5 rings (SSSR count). The minimum absolute atomic E-state index is 0.352. The Morgan fingerprint density at radius 3 is 0.758 bits per heavy atom. The Morgan fingerprint density at radius 1 is 0.379 bits per heavy atom. The number of thiazole rings is 4. The third-order valence-electron chi connectivity index (χ3n) is 9.43. The summed E-state index contributed by atoms with van der Waals surface area (Å²) in [5.41, 5.74) is 0.187. The average molecular weight is 989 g/mol. The largest absolute Gasteiger partial charge is 0.444 e. The molecule has 0 aliphatic carbocycles. The first-order valence-corrected chi connectivity index (χ1v) is 26.0. The van der Waals surface area contributed by atoms with E-state index in [2.05, 4.69) is 0 Å². The number of rotatable bonds is 0. The molecular weight excluding hydrogens is 921 g/mol. The summed E-state index contributed by atoms with van der Waals surface area (Å²) in [6.45, 7) is 25.0. The van der Waals surface area contributed by atoms with Crippen molar-refractivity contribution in [3.63, 3.8) is 0 Å². The smallest absolute Gasteiger partial charge is 0.410 e. The molecule has 364 valence electrons. The number of carbonyl (C=O) groups excluding carboxylic acids is 4. The molecule has 0 spiro atoms. The van der Waals surface area contributed by atoms with E-state index in [1.807, 2.05) is 105 Å². The van der Waals surface area contributed by atoms with Crippen molar-refractivity contribution in [2.24, 2.45) is 0 Å². The number of carbonyl (C=O) groups is 4. The Kier molecular flexibility index (Phi) is 18.0. The predicted octanol–water partition coefficient (Wildman–Crippen LogP) is 10.5. The normalized spacial score (nSPS) is 16.1. The van der Waals surface area contributed by atoms with E-state index in [0.717, 1.165) is 42.8 Å². The maximum Gasteiger partial charge on any atom is 0.410 e. The molecule has 0 aromatic carbocycles. The Morgan fingerprint density at radius 2 is 0.576 bits per heavy atom. The molecule has 0 radical (unpaired) electrons. The van der Waals surface area contributed by atoms with Crippen molar-refractivity contribution >= 4 is 69.7 Å². The summed E-state index contributed by atoms with van der Waals surface area (Å²) in [5, 5.41) is 11.2. The quantitative estimate of drug-likeness (QED) is 0.153. The predicted molar refractivity (Wildman–Crippen MR) is 262 cm³/mol. The summed E-state index contributed by atoms with van der Waals surface area (Å²) < 4.78 is 23.3. The SMILES string of the molecule is CC(C)(C)OC(=O)N1CCCN(C(=O)OC(C)(C)C)CCc2nc(cs2)-c2csc(n2)CCN(C(=O)OC(C)(C)C)CCCN(C(=O)OC(C)(C)C)CCc2nc(cs2)-c2csc(n2)CC1. The van der Waals surface area contributed by atoms with E-state index in [9.17, 15) is 19.2 Å². The number of fused-ring (bicyclic) bond motifs is 10. The van der Waals surface area contributed by atoms with Gasteiger partial charge in [0.1, 0.15) is 45.2 Å². The van der Waals surface area contributed by atoms with Gasteiger partial charge in [-0.3, -0.25) is 0 Å². The minimum atomic E-state index is -0.691. The van der Waals surface area contributed by atoms with Crippen LogP contribution in [0.5, 0.6) is 0 Å². The first-order chi connectivity index (χ1) is 30.8. The molecule has 1 aliphatic rings. The molecule has 4 aromatic heterocycles. The van der Waals surface area contributed by atoms with Crippen LogP contribution in [0.15, 0.2) is 21.5 Å². The fourth-order valence-corrected chi connectivity index (χ4v) is 9.61. The lowest BCUT2D eigenvalue weighted by molar-refractivity contribution is 0.0187. The summed E-state index contributed by atoms with van der Waals surface area (Å²) in [6.07, 6.45) is 1.26. The summed E-state index contributed by atoms with van der Waals surface area (Å²) in [4.78, 5) is 80.4. The van der Waals surface area contributed by atoms with Crippen LogP contribution >= 0.6 is 45.3 Å². The van der Waals surface area contributed by atoms with Gasteiger partial charge in [0.05, 0.1) is 20.0 Å². The molecule has 1 aliphatic heterocycles. The van der Waals surface area contributed by atoms with Crippen molar-refractivity contribution in [3.8, 4) is 22.8 Å². The van der Waals surface area contributed by atoms with E-state index in [1.165, 1.54) is 45.3 Å². The number of hydrogen-bond acceptors (Lipinski definition) is 16. The van der Waals surface area contributed by atoms with E-state index in [1.54, 1.807) is 19.6 Å². The minimum Gasteiger partial charge on any atom is -0.444 e. The molecule has 20 heteroatoms. The number of hydrogen-bond donors (Lipinski definition) is 0. The number of aromatic nitrogens is 4. The van der Waals surface area contributed by atoms with Crippen LogP contribution in [-0.2, 0) is 44.6 Å². The van der Waals surface area contributed by atoms with Crippen LogP contribution in [0.25, 0.3) is 22.8 Å². The average Bonchev–Trinajstić information content (AvgIpc) is 4.01. The maximum atomic E-state index is 13.5. The second kappa shape index (κ2) is 22.6. The Labute approximate surface area is 406 Å². The molecule has 8 bridgehead atoms. The van der Waals surface area contributed by atoms with Crippen LogP contribution in [0, 0.1) is 0 Å². The van der Waals surface area contributed by atoms with Crippen molar-refractivity contribution in [1.82, 2.24) is 39.5 Å². The maximum absolute atomic E-state index is 13.5. The highest BCUT2D eigenvalue weighted by Crippen LogP contribution is 2.27. The van der Waals surface area contributed by atoms with Crippen molar-refractivity contribution < 1.29 is 38.1 Å². The summed E-state index contributed by atoms with van der Waals surface area (Å²) in [6, 6.07) is 0. The van der Waals surface area contributed by atoms with Crippen LogP contribution < -0.4 is 0 Å². The summed E-state index contributed by atoms with van der Waals surface area (Å²) >= 11 is 6.01. The zero-order valence-electron chi connectivity index (χ0n) is 40.7. The van der Waals surface area contributed by atoms with Crippen molar-refractivity contribution in [1.29, 1.82) is 0 Å². The Balaban J connectivity index is 1.41. The summed E-state index contributed by atoms with van der Waals surface area (Å²) in [5.74, 6) is 0. The van der Waals surface area contributed by atoms with Gasteiger partial charge in [0.2, 0.25) is 0 Å². The zero-order valence-corrected chi connectivity index (χ0v) is 44.0. The second-order valence-corrected chi connectivity index (χ2v) is 23.9. The molecule has 4 aromatic rings. The van der Waals surface area contributed by atoms with Crippen molar-refractivity contribution in [2.45, 2.75) is 144 Å². The van der Waals surface area contributed by atoms with E-state index in [0.29, 0.717) is 90.9 Å². The Hall–Kier alpha value is -4.40. The third-order valence-corrected chi connectivity index (χ3v) is 13.1. The van der Waals surface area contributed by atoms with Gasteiger partial charge in [-0.15, -0.1) is 45.3 Å². The van der Waals surface area contributed by atoms with Crippen LogP contribution in [0.1, 0.15) is 116 Å². The molecule has 4 amide bonds. The lowest BCUT2D eigenvalue weighted by Gasteiger charge is -2.29. The van der Waals surface area contributed by atoms with E-state index >= 15 is 0 Å². The monoisotopic (exact) mass is 988 g/mol. The molecule has 0 saturated heterocycles. The van der Waals surface area contributed by atoms with E-state index in [4.69, 9.17) is 38.9 Å². The van der Waals surface area contributed by atoms with Crippen LogP contribution in [0.2, 0.25) is 0 Å². The van der Waals surface area contributed by atoms with E-state index < -0.39 is 46.8 Å². The van der Waals surface area contributed by atoms with Gasteiger partial charge in [0.15, 0.2) is 0 Å². The molecule has 5 heterocycles. The van der Waals surface area contributed by atoms with Gasteiger partial charge in [-0.1, -0.05) is 0 Å². The van der Waals surface area contributed by atoms with Gasteiger partial charge in [-0.05, 0) is 95.9 Å². The topological polar surface area (TPSA) is 170 Å². The van der Waals surface area contributed by atoms with Crippen LogP contribution in [-0.4, -0.2) is 139 Å². The highest BCUT2D eigenvalue weighted by Gasteiger charge is 2.28. The first kappa shape index (κ1) is 52.6. The fraction of sp³-hybridized carbons (Fsp3) is 0.652. The first-order valence-electron chi connectivity index (χ1n) is 22.5. The highest BCUT2D eigenvalue weighted by atomic mass is 32.1. The zero-order chi connectivity index (χ0) is 48.5. The lowest BCUT2D eigenvalue weighted by atomic mass is 10.2. The molecule has 0 fully saturated rings. The van der Waals surface area contributed by atoms with Crippen molar-refractivity contribution in [2.75, 3.05) is 52.4 Å².